The Morgan fingerprint density at radius 3 is 1.83 bits per heavy atom. The molecule has 9 rings (SSSR count). The summed E-state index contributed by atoms with van der Waals surface area (Å²) in [5.41, 5.74) is 11.1. The molecular weight excluding hydrogens is 591 g/mol. The second-order valence-corrected chi connectivity index (χ2v) is 14.0. The smallest absolute Gasteiger partial charge is 0.301 e. The molecule has 1 spiro atoms. The Labute approximate surface area is 270 Å². The van der Waals surface area contributed by atoms with Crippen LogP contribution < -0.4 is 4.90 Å². The van der Waals surface area contributed by atoms with E-state index in [0.29, 0.717) is 0 Å². The van der Waals surface area contributed by atoms with E-state index in [1.807, 2.05) is 0 Å². The summed E-state index contributed by atoms with van der Waals surface area (Å²) in [6.45, 7) is 4.60. The van der Waals surface area contributed by atoms with E-state index in [2.05, 4.69) is 116 Å². The van der Waals surface area contributed by atoms with Crippen molar-refractivity contribution in [3.63, 3.8) is 0 Å². The number of carbonyl (C=O) groups is 3. The molecule has 0 atom stereocenters. The van der Waals surface area contributed by atoms with Gasteiger partial charge >= 0.3 is 6.03 Å². The van der Waals surface area contributed by atoms with Crippen LogP contribution in [-0.2, 0) is 20.4 Å². The number of hydrogen-bond acceptors (Lipinski definition) is 5. The van der Waals surface area contributed by atoms with Crippen LogP contribution in [-0.4, -0.2) is 41.7 Å². The van der Waals surface area contributed by atoms with Gasteiger partial charge in [0.2, 0.25) is 0 Å². The Balaban J connectivity index is 1.41. The van der Waals surface area contributed by atoms with Crippen LogP contribution in [0.1, 0.15) is 52.1 Å². The summed E-state index contributed by atoms with van der Waals surface area (Å²) in [5, 5.41) is 1.05. The molecule has 0 saturated carbocycles. The van der Waals surface area contributed by atoms with Crippen LogP contribution in [0.3, 0.4) is 0 Å². The van der Waals surface area contributed by atoms with Gasteiger partial charge in [-0.3, -0.25) is 19.4 Å². The summed E-state index contributed by atoms with van der Waals surface area (Å²) in [7, 11) is 2.82. The minimum Gasteiger partial charge on any atom is -0.301 e. The number of thiophene rings is 1. The zero-order chi connectivity index (χ0) is 31.7. The highest BCUT2D eigenvalue weighted by molar-refractivity contribution is 7.17. The number of para-hydroxylation sites is 2. The quantitative estimate of drug-likeness (QED) is 0.138. The van der Waals surface area contributed by atoms with Gasteiger partial charge in [0.1, 0.15) is 10.6 Å². The molecule has 7 heteroatoms. The van der Waals surface area contributed by atoms with Gasteiger partial charge in [-0.15, -0.1) is 11.3 Å². The number of nitrogens with zero attached hydrogens (tertiary/aromatic N) is 3. The molecule has 6 nitrogen and oxygen atoms in total. The number of barbiturate groups is 1. The lowest BCUT2D eigenvalue weighted by molar-refractivity contribution is -0.134. The van der Waals surface area contributed by atoms with E-state index >= 15 is 0 Å². The van der Waals surface area contributed by atoms with E-state index in [-0.39, 0.29) is 11.0 Å². The predicted molar refractivity (Wildman–Crippen MR) is 181 cm³/mol. The van der Waals surface area contributed by atoms with Crippen molar-refractivity contribution >= 4 is 51.6 Å². The van der Waals surface area contributed by atoms with E-state index in [1.54, 1.807) is 17.4 Å². The third kappa shape index (κ3) is 3.08. The third-order valence-corrected chi connectivity index (χ3v) is 11.4. The summed E-state index contributed by atoms with van der Waals surface area (Å²) in [6.07, 6.45) is 1.67. The third-order valence-electron chi connectivity index (χ3n) is 10.4. The van der Waals surface area contributed by atoms with Gasteiger partial charge in [-0.05, 0) is 57.2 Å². The first-order valence-corrected chi connectivity index (χ1v) is 16.2. The highest BCUT2D eigenvalue weighted by Crippen LogP contribution is 2.68. The van der Waals surface area contributed by atoms with Crippen LogP contribution in [0, 0.1) is 0 Å². The predicted octanol–water partition coefficient (Wildman–Crippen LogP) is 7.97. The van der Waals surface area contributed by atoms with Crippen molar-refractivity contribution in [2.75, 3.05) is 19.0 Å². The van der Waals surface area contributed by atoms with Crippen LogP contribution in [0.4, 0.5) is 21.2 Å². The molecule has 1 saturated heterocycles. The van der Waals surface area contributed by atoms with Gasteiger partial charge in [-0.1, -0.05) is 98.8 Å². The first-order chi connectivity index (χ1) is 22.2. The van der Waals surface area contributed by atoms with E-state index in [4.69, 9.17) is 0 Å². The molecule has 0 bridgehead atoms. The second kappa shape index (κ2) is 8.92. The van der Waals surface area contributed by atoms with Crippen LogP contribution in [0.2, 0.25) is 0 Å². The van der Waals surface area contributed by atoms with Gasteiger partial charge in [0.05, 0.1) is 16.8 Å². The molecule has 4 aliphatic rings. The average Bonchev–Trinajstić information content (AvgIpc) is 3.63. The number of likely N-dealkylation sites (N-methyl/N-ethyl adjacent to an activating group) is 2. The Hall–Kier alpha value is -5.27. The number of rotatable bonds is 1. The van der Waals surface area contributed by atoms with Crippen LogP contribution >= 0.6 is 11.3 Å². The van der Waals surface area contributed by atoms with Crippen molar-refractivity contribution in [1.82, 2.24) is 9.80 Å². The fraction of sp³-hybridized carbons (Fsp3) is 0.154. The number of fused-ring (bicyclic) bond motifs is 11. The maximum atomic E-state index is 13.3. The monoisotopic (exact) mass is 619 g/mol. The van der Waals surface area contributed by atoms with Crippen molar-refractivity contribution in [2.24, 2.45) is 0 Å². The molecule has 4 aromatic carbocycles. The van der Waals surface area contributed by atoms with Crippen LogP contribution in [0.25, 0.3) is 17.2 Å². The Kier molecular flexibility index (Phi) is 5.25. The lowest BCUT2D eigenvalue weighted by Crippen LogP contribution is -2.52. The number of hydrogen-bond donors (Lipinski definition) is 0. The van der Waals surface area contributed by atoms with Crippen molar-refractivity contribution < 1.29 is 14.4 Å². The van der Waals surface area contributed by atoms with E-state index in [0.717, 1.165) is 30.9 Å². The summed E-state index contributed by atoms with van der Waals surface area (Å²) >= 11 is 1.57. The number of anilines is 3. The van der Waals surface area contributed by atoms with Crippen molar-refractivity contribution in [1.29, 1.82) is 0 Å². The summed E-state index contributed by atoms with van der Waals surface area (Å²) in [4.78, 5) is 44.2. The molecule has 1 aliphatic carbocycles. The molecule has 0 N–H and O–H groups in total. The molecule has 5 aromatic rings. The fourth-order valence-electron chi connectivity index (χ4n) is 8.25. The number of amides is 4. The molecule has 1 fully saturated rings. The number of carbonyl (C=O) groups excluding carboxylic acids is 3. The van der Waals surface area contributed by atoms with Gasteiger partial charge in [0.25, 0.3) is 11.8 Å². The molecule has 0 radical (unpaired) electrons. The van der Waals surface area contributed by atoms with Gasteiger partial charge in [0.15, 0.2) is 0 Å². The fourth-order valence-corrected chi connectivity index (χ4v) is 9.43. The molecular formula is C39H29N3O3S. The summed E-state index contributed by atoms with van der Waals surface area (Å²) in [5.74, 6) is -1.19. The van der Waals surface area contributed by atoms with E-state index < -0.39 is 23.3 Å². The Morgan fingerprint density at radius 2 is 1.17 bits per heavy atom. The van der Waals surface area contributed by atoms with Crippen molar-refractivity contribution in [2.45, 2.75) is 24.7 Å². The zero-order valence-electron chi connectivity index (χ0n) is 25.8. The standard InChI is InChI=1S/C39H29N3O3S/c1-38(2)28-16-9-10-19-32(28)42-33-29(38)17-11-18-30(33)39(26-14-7-5-12-23(26)24-13-6-8-15-27(24)39)31-21-22(46-36(31)42)20-25-34(43)40(3)37(45)41(4)35(25)44/h5-21H,1-4H3. The molecule has 0 unspecified atom stereocenters. The minimum absolute atomic E-state index is 0.0251. The molecule has 3 aliphatic heterocycles. The first kappa shape index (κ1) is 27.1. The average molecular weight is 620 g/mol. The number of imide groups is 2. The van der Waals surface area contributed by atoms with Gasteiger partial charge < -0.3 is 4.90 Å². The number of urea groups is 1. The second-order valence-electron chi connectivity index (χ2n) is 13.0. The minimum atomic E-state index is -0.633. The highest BCUT2D eigenvalue weighted by Gasteiger charge is 2.55. The zero-order valence-corrected chi connectivity index (χ0v) is 26.6. The van der Waals surface area contributed by atoms with Gasteiger partial charge in [-0.2, -0.15) is 0 Å². The Bertz CT molecular complexity index is 2190. The molecule has 4 heterocycles. The molecule has 4 amide bonds. The van der Waals surface area contributed by atoms with E-state index in [9.17, 15) is 14.4 Å². The van der Waals surface area contributed by atoms with Crippen LogP contribution in [0.5, 0.6) is 0 Å². The lowest BCUT2D eigenvalue weighted by Gasteiger charge is -2.49. The van der Waals surface area contributed by atoms with Crippen molar-refractivity contribution in [3.05, 3.63) is 141 Å². The maximum absolute atomic E-state index is 13.3. The van der Waals surface area contributed by atoms with E-state index in [1.165, 1.54) is 58.7 Å². The summed E-state index contributed by atoms with van der Waals surface area (Å²) in [6, 6.07) is 34.2. The topological polar surface area (TPSA) is 60.9 Å². The first-order valence-electron chi connectivity index (χ1n) is 15.4. The molecule has 224 valence electrons. The maximum Gasteiger partial charge on any atom is 0.333 e. The summed E-state index contributed by atoms with van der Waals surface area (Å²) < 4.78 is 0. The van der Waals surface area contributed by atoms with Gasteiger partial charge in [0, 0.05) is 30.0 Å². The SMILES string of the molecule is CN1C(=O)C(=Cc2cc3c(s2)N2c4ccccc4C(C)(C)c4cccc(c42)C32c3ccccc3-c3ccccc32)C(=O)N(C)C1=O. The largest absolute Gasteiger partial charge is 0.333 e. The molecule has 46 heavy (non-hydrogen) atoms. The van der Waals surface area contributed by atoms with Gasteiger partial charge in [-0.25, -0.2) is 4.79 Å². The number of benzene rings is 4. The highest BCUT2D eigenvalue weighted by atomic mass is 32.1. The van der Waals surface area contributed by atoms with Crippen LogP contribution in [0.15, 0.2) is 103 Å². The molecule has 1 aromatic heterocycles. The lowest BCUT2D eigenvalue weighted by atomic mass is 9.62. The normalized spacial score (nSPS) is 17.9. The Morgan fingerprint density at radius 1 is 0.630 bits per heavy atom. The van der Waals surface area contributed by atoms with Crippen molar-refractivity contribution in [3.8, 4) is 11.1 Å².